The van der Waals surface area contributed by atoms with Crippen molar-refractivity contribution < 1.29 is 9.18 Å². The molecule has 1 heterocycles. The smallest absolute Gasteiger partial charge is 0.203 e. The fraction of sp³-hybridized carbons (Fsp3) is 0.0833. The molecule has 4 heteroatoms. The second-order valence-corrected chi connectivity index (χ2v) is 5.86. The summed E-state index contributed by atoms with van der Waals surface area (Å²) in [4.78, 5) is 12.7. The Kier molecular flexibility index (Phi) is 3.21. The van der Waals surface area contributed by atoms with Crippen LogP contribution in [0.2, 0.25) is 0 Å². The van der Waals surface area contributed by atoms with Gasteiger partial charge < -0.3 is 0 Å². The largest absolute Gasteiger partial charge is 0.288 e. The number of aryl methyl sites for hydroxylation is 1. The van der Waals surface area contributed by atoms with Gasteiger partial charge in [-0.05, 0) is 52.7 Å². The maximum absolute atomic E-state index is 13.1. The minimum absolute atomic E-state index is 0.132. The maximum Gasteiger partial charge on any atom is 0.203 e. The molecule has 1 nitrogen and oxygen atoms in total. The van der Waals surface area contributed by atoms with Crippen LogP contribution < -0.4 is 0 Å². The average molecular weight is 299 g/mol. The van der Waals surface area contributed by atoms with Gasteiger partial charge in [0.1, 0.15) is 5.82 Å². The molecule has 0 amide bonds. The van der Waals surface area contributed by atoms with E-state index in [2.05, 4.69) is 15.9 Å². The van der Waals surface area contributed by atoms with Gasteiger partial charge in [-0.25, -0.2) is 4.39 Å². The van der Waals surface area contributed by atoms with Crippen molar-refractivity contribution >= 4 is 33.0 Å². The van der Waals surface area contributed by atoms with Gasteiger partial charge in [0.05, 0.1) is 8.66 Å². The van der Waals surface area contributed by atoms with Crippen LogP contribution in [-0.2, 0) is 0 Å². The predicted octanol–water partition coefficient (Wildman–Crippen LogP) is 4.19. The molecule has 2 rings (SSSR count). The van der Waals surface area contributed by atoms with Crippen molar-refractivity contribution in [3.05, 3.63) is 55.9 Å². The summed E-state index contributed by atoms with van der Waals surface area (Å²) in [5.74, 6) is -0.516. The number of hydrogen-bond donors (Lipinski definition) is 0. The molecule has 0 aliphatic rings. The molecule has 16 heavy (non-hydrogen) atoms. The Bertz CT molecular complexity index is 548. The quantitative estimate of drug-likeness (QED) is 0.760. The summed E-state index contributed by atoms with van der Waals surface area (Å²) in [6, 6.07) is 7.81. The van der Waals surface area contributed by atoms with Crippen LogP contribution in [0.5, 0.6) is 0 Å². The number of benzene rings is 1. The molecule has 1 aromatic heterocycles. The molecule has 0 saturated carbocycles. The predicted molar refractivity (Wildman–Crippen MR) is 66.6 cm³/mol. The van der Waals surface area contributed by atoms with Gasteiger partial charge in [0.2, 0.25) is 5.78 Å². The number of carbonyl (C=O) groups excluding carboxylic acids is 1. The molecular formula is C12H8BrFOS. The van der Waals surface area contributed by atoms with Crippen molar-refractivity contribution in [2.75, 3.05) is 0 Å². The third-order valence-corrected chi connectivity index (χ3v) is 3.86. The number of rotatable bonds is 2. The number of thiophene rings is 1. The Balaban J connectivity index is 2.45. The summed E-state index contributed by atoms with van der Waals surface area (Å²) in [5.41, 5.74) is 1.21. The zero-order chi connectivity index (χ0) is 11.7. The van der Waals surface area contributed by atoms with E-state index in [0.29, 0.717) is 10.4 Å². The molecule has 0 atom stereocenters. The first kappa shape index (κ1) is 11.5. The van der Waals surface area contributed by atoms with Gasteiger partial charge >= 0.3 is 0 Å². The van der Waals surface area contributed by atoms with Gasteiger partial charge in [-0.1, -0.05) is 6.07 Å². The molecule has 0 fully saturated rings. The van der Waals surface area contributed by atoms with Crippen molar-refractivity contribution in [2.45, 2.75) is 6.92 Å². The molecule has 2 aromatic rings. The highest BCUT2D eigenvalue weighted by atomic mass is 79.9. The fourth-order valence-electron chi connectivity index (χ4n) is 1.41. The standard InChI is InChI=1S/C12H8BrFOS/c1-7-2-3-8(14)6-9(7)12(15)10-4-5-11(13)16-10/h2-6H,1H3. The second kappa shape index (κ2) is 4.47. The number of ketones is 1. The number of hydrogen-bond acceptors (Lipinski definition) is 2. The molecule has 0 N–H and O–H groups in total. The minimum atomic E-state index is -0.385. The molecule has 82 valence electrons. The topological polar surface area (TPSA) is 17.1 Å². The van der Waals surface area contributed by atoms with Crippen LogP contribution in [0, 0.1) is 12.7 Å². The summed E-state index contributed by atoms with van der Waals surface area (Å²) in [5, 5.41) is 0. The Morgan fingerprint density at radius 1 is 1.31 bits per heavy atom. The van der Waals surface area contributed by atoms with Crippen molar-refractivity contribution in [1.29, 1.82) is 0 Å². The normalized spacial score (nSPS) is 10.4. The summed E-state index contributed by atoms with van der Waals surface area (Å²) in [7, 11) is 0. The van der Waals surface area contributed by atoms with Crippen molar-refractivity contribution in [3.8, 4) is 0 Å². The van der Waals surface area contributed by atoms with Crippen molar-refractivity contribution in [2.24, 2.45) is 0 Å². The van der Waals surface area contributed by atoms with E-state index in [0.717, 1.165) is 9.35 Å². The lowest BCUT2D eigenvalue weighted by molar-refractivity contribution is 0.104. The van der Waals surface area contributed by atoms with E-state index in [1.54, 1.807) is 19.1 Å². The van der Waals surface area contributed by atoms with Crippen LogP contribution in [0.1, 0.15) is 20.8 Å². The lowest BCUT2D eigenvalue weighted by Gasteiger charge is -2.02. The zero-order valence-electron chi connectivity index (χ0n) is 8.46. The van der Waals surface area contributed by atoms with Crippen LogP contribution >= 0.6 is 27.3 Å². The minimum Gasteiger partial charge on any atom is -0.288 e. The Labute approximate surface area is 105 Å². The lowest BCUT2D eigenvalue weighted by Crippen LogP contribution is -2.01. The molecule has 0 unspecified atom stereocenters. The summed E-state index contributed by atoms with van der Waals surface area (Å²) >= 11 is 4.65. The van der Waals surface area contributed by atoms with Crippen LogP contribution in [0.15, 0.2) is 34.1 Å². The Morgan fingerprint density at radius 2 is 2.06 bits per heavy atom. The first-order valence-electron chi connectivity index (χ1n) is 4.64. The van der Waals surface area contributed by atoms with Crippen LogP contribution in [0.3, 0.4) is 0 Å². The van der Waals surface area contributed by atoms with E-state index >= 15 is 0 Å². The SMILES string of the molecule is Cc1ccc(F)cc1C(=O)c1ccc(Br)s1. The maximum atomic E-state index is 13.1. The second-order valence-electron chi connectivity index (χ2n) is 3.39. The average Bonchev–Trinajstić information content (AvgIpc) is 2.67. The first-order valence-corrected chi connectivity index (χ1v) is 6.25. The molecule has 0 saturated heterocycles. The molecule has 0 aliphatic carbocycles. The number of carbonyl (C=O) groups is 1. The third kappa shape index (κ3) is 2.23. The van der Waals surface area contributed by atoms with E-state index in [-0.39, 0.29) is 11.6 Å². The summed E-state index contributed by atoms with van der Waals surface area (Å²) in [6.07, 6.45) is 0. The fourth-order valence-corrected chi connectivity index (χ4v) is 2.75. The van der Waals surface area contributed by atoms with Gasteiger partial charge in [-0.3, -0.25) is 4.79 Å². The van der Waals surface area contributed by atoms with Gasteiger partial charge in [0.25, 0.3) is 0 Å². The molecule has 1 aromatic carbocycles. The molecule has 0 aliphatic heterocycles. The summed E-state index contributed by atoms with van der Waals surface area (Å²) < 4.78 is 14.0. The highest BCUT2D eigenvalue weighted by Gasteiger charge is 2.14. The van der Waals surface area contributed by atoms with Crippen LogP contribution in [0.4, 0.5) is 4.39 Å². The molecule has 0 spiro atoms. The zero-order valence-corrected chi connectivity index (χ0v) is 10.9. The Morgan fingerprint density at radius 3 is 2.69 bits per heavy atom. The monoisotopic (exact) mass is 298 g/mol. The van der Waals surface area contributed by atoms with Crippen molar-refractivity contribution in [1.82, 2.24) is 0 Å². The van der Waals surface area contributed by atoms with Gasteiger partial charge in [-0.2, -0.15) is 0 Å². The highest BCUT2D eigenvalue weighted by Crippen LogP contribution is 2.25. The van der Waals surface area contributed by atoms with Gasteiger partial charge in [0, 0.05) is 5.56 Å². The third-order valence-electron chi connectivity index (χ3n) is 2.24. The van der Waals surface area contributed by atoms with Gasteiger partial charge in [-0.15, -0.1) is 11.3 Å². The van der Waals surface area contributed by atoms with E-state index in [4.69, 9.17) is 0 Å². The molecule has 0 bridgehead atoms. The molecule has 0 radical (unpaired) electrons. The Hall–Kier alpha value is -1.000. The summed E-state index contributed by atoms with van der Waals surface area (Å²) in [6.45, 7) is 1.80. The van der Waals surface area contributed by atoms with Crippen molar-refractivity contribution in [3.63, 3.8) is 0 Å². The van der Waals surface area contributed by atoms with Crippen LogP contribution in [0.25, 0.3) is 0 Å². The van der Waals surface area contributed by atoms with Gasteiger partial charge in [0.15, 0.2) is 0 Å². The first-order chi connectivity index (χ1) is 7.58. The highest BCUT2D eigenvalue weighted by molar-refractivity contribution is 9.11. The van der Waals surface area contributed by atoms with E-state index < -0.39 is 0 Å². The van der Waals surface area contributed by atoms with E-state index in [1.165, 1.54) is 23.5 Å². The van der Waals surface area contributed by atoms with E-state index in [9.17, 15) is 9.18 Å². The lowest BCUT2D eigenvalue weighted by atomic mass is 10.0. The number of halogens is 2. The molecular weight excluding hydrogens is 291 g/mol. The van der Waals surface area contributed by atoms with E-state index in [1.807, 2.05) is 6.07 Å². The van der Waals surface area contributed by atoms with Crippen LogP contribution in [-0.4, -0.2) is 5.78 Å².